The second-order valence-corrected chi connectivity index (χ2v) is 11.0. The number of carbonyl (C=O) groups excluding carboxylic acids is 1. The van der Waals surface area contributed by atoms with Crippen LogP contribution in [-0.4, -0.2) is 50.6 Å². The molecule has 1 N–H and O–H groups in total. The summed E-state index contributed by atoms with van der Waals surface area (Å²) in [5.74, 6) is 4.21. The summed E-state index contributed by atoms with van der Waals surface area (Å²) in [6, 6.07) is 17.5. The molecular weight excluding hydrogens is 504 g/mol. The van der Waals surface area contributed by atoms with Gasteiger partial charge in [-0.1, -0.05) is 49.9 Å². The molecule has 2 aliphatic rings. The molecule has 0 spiro atoms. The maximum atomic E-state index is 12.4. The minimum absolute atomic E-state index is 0.0296. The van der Waals surface area contributed by atoms with Gasteiger partial charge in [-0.25, -0.2) is 9.97 Å². The van der Waals surface area contributed by atoms with Crippen LogP contribution in [0.15, 0.2) is 81.3 Å². The Hall–Kier alpha value is -3.24. The molecule has 1 fully saturated rings. The first-order valence-corrected chi connectivity index (χ1v) is 14.2. The van der Waals surface area contributed by atoms with Crippen LogP contribution in [0.3, 0.4) is 0 Å². The van der Waals surface area contributed by atoms with E-state index in [-0.39, 0.29) is 17.7 Å². The highest BCUT2D eigenvalue weighted by Gasteiger charge is 2.32. The highest BCUT2D eigenvalue weighted by Crippen LogP contribution is 2.36. The molecule has 0 bridgehead atoms. The lowest BCUT2D eigenvalue weighted by Crippen LogP contribution is -2.45. The van der Waals surface area contributed by atoms with Gasteiger partial charge in [0.2, 0.25) is 5.91 Å². The summed E-state index contributed by atoms with van der Waals surface area (Å²) in [5.41, 5.74) is 3.46. The van der Waals surface area contributed by atoms with Crippen molar-refractivity contribution in [3.05, 3.63) is 67.0 Å². The molecule has 0 saturated carbocycles. The summed E-state index contributed by atoms with van der Waals surface area (Å²) >= 11 is 3.06. The maximum absolute atomic E-state index is 12.4. The van der Waals surface area contributed by atoms with Crippen molar-refractivity contribution in [2.24, 2.45) is 16.2 Å². The van der Waals surface area contributed by atoms with E-state index < -0.39 is 0 Å². The zero-order valence-electron chi connectivity index (χ0n) is 20.9. The number of rotatable bonds is 8. The number of amides is 1. The fraction of sp³-hybridized carbons (Fsp3) is 0.333. The van der Waals surface area contributed by atoms with Crippen molar-refractivity contribution in [2.75, 3.05) is 24.4 Å². The van der Waals surface area contributed by atoms with Gasteiger partial charge in [-0.3, -0.25) is 15.2 Å². The molecule has 1 saturated heterocycles. The zero-order chi connectivity index (χ0) is 25.6. The molecule has 0 atom stereocenters. The summed E-state index contributed by atoms with van der Waals surface area (Å²) < 4.78 is 11.0. The van der Waals surface area contributed by atoms with Gasteiger partial charge >= 0.3 is 0 Å². The number of piperidine rings is 1. The Morgan fingerprint density at radius 1 is 1.11 bits per heavy atom. The number of ether oxygens (including phenoxy) is 1. The van der Waals surface area contributed by atoms with Crippen molar-refractivity contribution in [3.63, 3.8) is 0 Å². The average Bonchev–Trinajstić information content (AvgIpc) is 3.39. The predicted octanol–water partition coefficient (Wildman–Crippen LogP) is 5.96. The molecule has 1 amide bonds. The second-order valence-electron chi connectivity index (χ2n) is 9.20. The van der Waals surface area contributed by atoms with Gasteiger partial charge < -0.3 is 9.64 Å². The fourth-order valence-electron chi connectivity index (χ4n) is 4.29. The number of aromatic nitrogens is 2. The van der Waals surface area contributed by atoms with Crippen molar-refractivity contribution in [2.45, 2.75) is 36.6 Å². The molecule has 37 heavy (non-hydrogen) atoms. The summed E-state index contributed by atoms with van der Waals surface area (Å²) in [4.78, 5) is 24.4. The van der Waals surface area contributed by atoms with Crippen LogP contribution in [0.4, 0.5) is 5.82 Å². The topological polar surface area (TPSA) is 83.0 Å². The Bertz CT molecular complexity index is 1230. The zero-order valence-corrected chi connectivity index (χ0v) is 22.5. The minimum Gasteiger partial charge on any atom is -0.453 e. The first-order chi connectivity index (χ1) is 18.1. The lowest BCUT2D eigenvalue weighted by atomic mass is 9.94. The van der Waals surface area contributed by atoms with Gasteiger partial charge in [0.25, 0.3) is 0 Å². The quantitative estimate of drug-likeness (QED) is 0.355. The first kappa shape index (κ1) is 25.4. The SMILES string of the molecule is CC(C)C(=O)N1CCC(C2=NSCN2Nc2ncc(Sc3ccccn3)cc2Oc2ccccc2)CC1. The summed E-state index contributed by atoms with van der Waals surface area (Å²) in [7, 11) is 0. The fourth-order valence-corrected chi connectivity index (χ4v) is 5.81. The van der Waals surface area contributed by atoms with E-state index in [1.165, 1.54) is 23.7 Å². The monoisotopic (exact) mass is 534 g/mol. The van der Waals surface area contributed by atoms with Crippen LogP contribution in [0.1, 0.15) is 26.7 Å². The average molecular weight is 535 g/mol. The van der Waals surface area contributed by atoms with Crippen molar-refractivity contribution in [1.82, 2.24) is 19.9 Å². The lowest BCUT2D eigenvalue weighted by molar-refractivity contribution is -0.135. The van der Waals surface area contributed by atoms with Crippen LogP contribution in [0.5, 0.6) is 11.5 Å². The number of carbonyl (C=O) groups is 1. The van der Waals surface area contributed by atoms with Crippen molar-refractivity contribution >= 4 is 41.3 Å². The maximum Gasteiger partial charge on any atom is 0.225 e. The molecule has 0 unspecified atom stereocenters. The number of pyridine rings is 2. The minimum atomic E-state index is 0.0296. The Morgan fingerprint density at radius 2 is 1.89 bits per heavy atom. The van der Waals surface area contributed by atoms with Crippen molar-refractivity contribution in [1.29, 1.82) is 0 Å². The molecule has 0 radical (unpaired) electrons. The van der Waals surface area contributed by atoms with Gasteiger partial charge in [0.05, 0.1) is 0 Å². The standard InChI is InChI=1S/C27H30N6O2S2/c1-19(2)27(34)32-14-11-20(12-15-32)26-31-36-18-33(26)30-25-23(35-21-8-4-3-5-9-21)16-22(17-29-25)37-24-10-6-7-13-28-24/h3-10,13,16-17,19-20H,11-12,14-15,18H2,1-2H3,(H,29,30). The normalized spacial score (nSPS) is 16.1. The van der Waals surface area contributed by atoms with Crippen molar-refractivity contribution < 1.29 is 9.53 Å². The Kier molecular flexibility index (Phi) is 8.15. The number of nitrogens with zero attached hydrogens (tertiary/aromatic N) is 5. The van der Waals surface area contributed by atoms with E-state index >= 15 is 0 Å². The van der Waals surface area contributed by atoms with E-state index in [0.29, 0.717) is 17.4 Å². The molecule has 4 heterocycles. The smallest absolute Gasteiger partial charge is 0.225 e. The summed E-state index contributed by atoms with van der Waals surface area (Å²) in [6.07, 6.45) is 5.41. The van der Waals surface area contributed by atoms with Crippen molar-refractivity contribution in [3.8, 4) is 11.5 Å². The third-order valence-corrected chi connectivity index (χ3v) is 7.79. The molecule has 192 valence electrons. The summed E-state index contributed by atoms with van der Waals surface area (Å²) in [5, 5.41) is 2.95. The molecule has 2 aromatic heterocycles. The van der Waals surface area contributed by atoms with Gasteiger partial charge in [-0.2, -0.15) is 4.40 Å². The third-order valence-electron chi connectivity index (χ3n) is 6.19. The van der Waals surface area contributed by atoms with Crippen LogP contribution in [-0.2, 0) is 4.79 Å². The van der Waals surface area contributed by atoms with Gasteiger partial charge in [0.15, 0.2) is 11.6 Å². The predicted molar refractivity (Wildman–Crippen MR) is 149 cm³/mol. The van der Waals surface area contributed by atoms with Gasteiger partial charge in [-0.05, 0) is 49.1 Å². The number of anilines is 1. The largest absolute Gasteiger partial charge is 0.453 e. The van der Waals surface area contributed by atoms with Gasteiger partial charge in [0.1, 0.15) is 22.5 Å². The number of hydrogen-bond donors (Lipinski definition) is 1. The molecular formula is C27H30N6O2S2. The Morgan fingerprint density at radius 3 is 2.62 bits per heavy atom. The number of benzene rings is 1. The van der Waals surface area contributed by atoms with E-state index in [1.807, 2.05) is 79.5 Å². The molecule has 8 nitrogen and oxygen atoms in total. The second kappa shape index (κ2) is 11.9. The molecule has 2 aliphatic heterocycles. The molecule has 1 aromatic carbocycles. The number of hydrogen-bond acceptors (Lipinski definition) is 9. The van der Waals surface area contributed by atoms with Crippen LogP contribution < -0.4 is 10.2 Å². The van der Waals surface area contributed by atoms with Crippen LogP contribution >= 0.6 is 23.7 Å². The molecule has 3 aromatic rings. The van der Waals surface area contributed by atoms with Gasteiger partial charge in [0, 0.05) is 48.3 Å². The van der Waals surface area contributed by atoms with Gasteiger partial charge in [-0.15, -0.1) is 0 Å². The van der Waals surface area contributed by atoms with E-state index in [9.17, 15) is 4.79 Å². The Labute approximate surface area is 226 Å². The summed E-state index contributed by atoms with van der Waals surface area (Å²) in [6.45, 7) is 5.44. The van der Waals surface area contributed by atoms with Crippen LogP contribution in [0.25, 0.3) is 0 Å². The number of para-hydroxylation sites is 1. The molecule has 5 rings (SSSR count). The number of hydrazine groups is 1. The van der Waals surface area contributed by atoms with Crippen LogP contribution in [0, 0.1) is 11.8 Å². The molecule has 0 aliphatic carbocycles. The van der Waals surface area contributed by atoms with E-state index in [2.05, 4.69) is 15.4 Å². The lowest BCUT2D eigenvalue weighted by Gasteiger charge is -2.35. The van der Waals surface area contributed by atoms with E-state index in [0.717, 1.165) is 47.4 Å². The number of amidine groups is 1. The Balaban J connectivity index is 1.32. The van der Waals surface area contributed by atoms with Crippen LogP contribution in [0.2, 0.25) is 0 Å². The highest BCUT2D eigenvalue weighted by molar-refractivity contribution is 7.99. The van der Waals surface area contributed by atoms with E-state index in [4.69, 9.17) is 14.1 Å². The molecule has 10 heteroatoms. The number of nitrogens with one attached hydrogen (secondary N) is 1. The third kappa shape index (κ3) is 6.37. The first-order valence-electron chi connectivity index (χ1n) is 12.4. The highest BCUT2D eigenvalue weighted by atomic mass is 32.2. The number of likely N-dealkylation sites (tertiary alicyclic amines) is 1. The van der Waals surface area contributed by atoms with E-state index in [1.54, 1.807) is 6.20 Å².